The quantitative estimate of drug-likeness (QED) is 0.847. The number of carbonyl (C=O) groups excluding carboxylic acids is 1. The zero-order valence-corrected chi connectivity index (χ0v) is 14.8. The van der Waals surface area contributed by atoms with Gasteiger partial charge in [-0.1, -0.05) is 10.4 Å². The van der Waals surface area contributed by atoms with Crippen LogP contribution in [0.2, 0.25) is 0 Å². The summed E-state index contributed by atoms with van der Waals surface area (Å²) >= 11 is 0. The number of H-pyrrole nitrogens is 1. The molecule has 150 valence electrons. The molecule has 2 aromatic heterocycles. The molecule has 2 aliphatic heterocycles. The van der Waals surface area contributed by atoms with Crippen LogP contribution in [0.4, 0.5) is 18.0 Å². The first-order chi connectivity index (χ1) is 13.4. The second-order valence-electron chi connectivity index (χ2n) is 7.77. The highest BCUT2D eigenvalue weighted by Crippen LogP contribution is 2.58. The molecule has 9 nitrogen and oxygen atoms in total. The van der Waals surface area contributed by atoms with E-state index in [0.29, 0.717) is 26.2 Å². The van der Waals surface area contributed by atoms with E-state index in [-0.39, 0.29) is 42.4 Å². The topological polar surface area (TPSA) is 104 Å². The lowest BCUT2D eigenvalue weighted by molar-refractivity contribution is -0.166. The van der Waals surface area contributed by atoms with Crippen LogP contribution in [0.3, 0.4) is 0 Å². The van der Waals surface area contributed by atoms with Gasteiger partial charge < -0.3 is 14.3 Å². The van der Waals surface area contributed by atoms with Crippen LogP contribution in [0.5, 0.6) is 0 Å². The van der Waals surface area contributed by atoms with E-state index in [2.05, 4.69) is 25.6 Å². The molecule has 4 heterocycles. The average molecular weight is 397 g/mol. The van der Waals surface area contributed by atoms with Gasteiger partial charge in [0, 0.05) is 32.1 Å². The Morgan fingerprint density at radius 3 is 2.61 bits per heavy atom. The SMILES string of the molecule is O=C(N1CC(c2noc(C3(C(F)(F)F)CC3)n2)C1)N1CC[C@@H](c2cnn[nH]2)C1. The van der Waals surface area contributed by atoms with Crippen LogP contribution in [-0.4, -0.2) is 73.7 Å². The van der Waals surface area contributed by atoms with Gasteiger partial charge in [0.1, 0.15) is 5.41 Å². The highest BCUT2D eigenvalue weighted by molar-refractivity contribution is 5.76. The molecule has 1 saturated carbocycles. The van der Waals surface area contributed by atoms with Gasteiger partial charge in [0.25, 0.3) is 0 Å². The number of amides is 2. The van der Waals surface area contributed by atoms with E-state index >= 15 is 0 Å². The van der Waals surface area contributed by atoms with E-state index in [9.17, 15) is 18.0 Å². The van der Waals surface area contributed by atoms with E-state index in [4.69, 9.17) is 4.52 Å². The first kappa shape index (κ1) is 17.4. The zero-order chi connectivity index (χ0) is 19.5. The van der Waals surface area contributed by atoms with Crippen molar-refractivity contribution in [2.45, 2.75) is 42.7 Å². The van der Waals surface area contributed by atoms with E-state index in [1.807, 2.05) is 0 Å². The van der Waals surface area contributed by atoms with Crippen LogP contribution in [0.25, 0.3) is 0 Å². The van der Waals surface area contributed by atoms with Gasteiger partial charge in [0.2, 0.25) is 5.89 Å². The summed E-state index contributed by atoms with van der Waals surface area (Å²) in [6, 6.07) is -0.0797. The van der Waals surface area contributed by atoms with E-state index in [1.165, 1.54) is 0 Å². The number of urea groups is 1. The summed E-state index contributed by atoms with van der Waals surface area (Å²) in [4.78, 5) is 20.1. The second-order valence-corrected chi connectivity index (χ2v) is 7.77. The maximum atomic E-state index is 13.2. The number of rotatable bonds is 3. The molecular weight excluding hydrogens is 379 g/mol. The van der Waals surface area contributed by atoms with Crippen molar-refractivity contribution >= 4 is 6.03 Å². The number of carbonyl (C=O) groups is 1. The average Bonchev–Trinajstić information content (AvgIpc) is 3.03. The maximum Gasteiger partial charge on any atom is 0.403 e. The third kappa shape index (κ3) is 2.65. The Morgan fingerprint density at radius 2 is 1.96 bits per heavy atom. The Kier molecular flexibility index (Phi) is 3.68. The van der Waals surface area contributed by atoms with Crippen LogP contribution in [0, 0.1) is 0 Å². The van der Waals surface area contributed by atoms with E-state index in [1.54, 1.807) is 16.0 Å². The lowest BCUT2D eigenvalue weighted by Gasteiger charge is -2.39. The van der Waals surface area contributed by atoms with E-state index in [0.717, 1.165) is 12.1 Å². The summed E-state index contributed by atoms with van der Waals surface area (Å²) in [5, 5.41) is 14.0. The minimum Gasteiger partial charge on any atom is -0.338 e. The lowest BCUT2D eigenvalue weighted by atomic mass is 10.00. The molecule has 1 atom stereocenters. The summed E-state index contributed by atoms with van der Waals surface area (Å²) in [5.74, 6) is -0.110. The number of likely N-dealkylation sites (tertiary alicyclic amines) is 2. The number of hydrogen-bond acceptors (Lipinski definition) is 6. The second kappa shape index (κ2) is 5.92. The van der Waals surface area contributed by atoms with Crippen molar-refractivity contribution in [1.29, 1.82) is 0 Å². The van der Waals surface area contributed by atoms with Crippen molar-refractivity contribution in [1.82, 2.24) is 35.4 Å². The van der Waals surface area contributed by atoms with Crippen molar-refractivity contribution < 1.29 is 22.5 Å². The highest BCUT2D eigenvalue weighted by Gasteiger charge is 2.68. The van der Waals surface area contributed by atoms with Crippen molar-refractivity contribution in [3.8, 4) is 0 Å². The van der Waals surface area contributed by atoms with Crippen LogP contribution < -0.4 is 0 Å². The molecule has 12 heteroatoms. The predicted octanol–water partition coefficient (Wildman–Crippen LogP) is 1.79. The fourth-order valence-corrected chi connectivity index (χ4v) is 3.93. The Labute approximate surface area is 157 Å². The van der Waals surface area contributed by atoms with Crippen molar-refractivity contribution in [2.24, 2.45) is 0 Å². The molecular formula is C16H18F3N7O2. The zero-order valence-electron chi connectivity index (χ0n) is 14.8. The van der Waals surface area contributed by atoms with Gasteiger partial charge in [-0.2, -0.15) is 18.2 Å². The summed E-state index contributed by atoms with van der Waals surface area (Å²) in [6.07, 6.45) is -1.92. The number of hydrogen-bond donors (Lipinski definition) is 1. The number of aromatic amines is 1. The Bertz CT molecular complexity index is 871. The van der Waals surface area contributed by atoms with Gasteiger partial charge in [-0.15, -0.1) is 5.10 Å². The summed E-state index contributed by atoms with van der Waals surface area (Å²) in [7, 11) is 0. The van der Waals surface area contributed by atoms with Crippen LogP contribution in [0.15, 0.2) is 10.7 Å². The van der Waals surface area contributed by atoms with Crippen molar-refractivity contribution in [3.05, 3.63) is 23.6 Å². The summed E-state index contributed by atoms with van der Waals surface area (Å²) in [6.45, 7) is 1.99. The van der Waals surface area contributed by atoms with Gasteiger partial charge in [-0.25, -0.2) is 4.79 Å². The Hall–Kier alpha value is -2.66. The molecule has 5 rings (SSSR count). The standard InChI is InChI=1S/C16H18F3N7O2/c17-16(18,19)15(2-3-15)13-21-12(23-28-13)10-7-26(8-10)14(27)25-4-1-9(6-25)11-5-20-24-22-11/h5,9-10H,1-4,6-8H2,(H,20,22,24)/t9-/m1/s1. The summed E-state index contributed by atoms with van der Waals surface area (Å²) < 4.78 is 44.4. The number of nitrogens with one attached hydrogen (secondary N) is 1. The maximum absolute atomic E-state index is 13.2. The molecule has 2 aromatic rings. The molecule has 0 aromatic carbocycles. The van der Waals surface area contributed by atoms with Gasteiger partial charge in [-0.05, 0) is 19.3 Å². The van der Waals surface area contributed by atoms with Crippen LogP contribution in [-0.2, 0) is 5.41 Å². The minimum atomic E-state index is -4.38. The third-order valence-electron chi connectivity index (χ3n) is 5.99. The third-order valence-corrected chi connectivity index (χ3v) is 5.99. The Morgan fingerprint density at radius 1 is 1.21 bits per heavy atom. The molecule has 0 bridgehead atoms. The number of nitrogens with zero attached hydrogens (tertiary/aromatic N) is 6. The molecule has 3 aliphatic rings. The van der Waals surface area contributed by atoms with Gasteiger partial charge >= 0.3 is 12.2 Å². The molecule has 2 amide bonds. The largest absolute Gasteiger partial charge is 0.403 e. The molecule has 1 aliphatic carbocycles. The van der Waals surface area contributed by atoms with Gasteiger partial charge in [0.15, 0.2) is 5.82 Å². The molecule has 2 saturated heterocycles. The van der Waals surface area contributed by atoms with Crippen LogP contribution in [0.1, 0.15) is 48.5 Å². The van der Waals surface area contributed by atoms with Crippen molar-refractivity contribution in [2.75, 3.05) is 26.2 Å². The Balaban J connectivity index is 1.18. The lowest BCUT2D eigenvalue weighted by Crippen LogP contribution is -2.53. The minimum absolute atomic E-state index is 0.0185. The smallest absolute Gasteiger partial charge is 0.338 e. The molecule has 0 radical (unpaired) electrons. The predicted molar refractivity (Wildman–Crippen MR) is 86.3 cm³/mol. The van der Waals surface area contributed by atoms with Crippen LogP contribution >= 0.6 is 0 Å². The number of aromatic nitrogens is 5. The normalized spacial score (nSPS) is 24.5. The number of halogens is 3. The number of alkyl halides is 3. The van der Waals surface area contributed by atoms with Gasteiger partial charge in [-0.3, -0.25) is 5.10 Å². The molecule has 3 fully saturated rings. The fraction of sp³-hybridized carbons (Fsp3) is 0.688. The molecule has 0 spiro atoms. The monoisotopic (exact) mass is 397 g/mol. The fourth-order valence-electron chi connectivity index (χ4n) is 3.93. The van der Waals surface area contributed by atoms with Crippen molar-refractivity contribution in [3.63, 3.8) is 0 Å². The van der Waals surface area contributed by atoms with E-state index < -0.39 is 11.6 Å². The summed E-state index contributed by atoms with van der Waals surface area (Å²) in [5.41, 5.74) is -1.06. The van der Waals surface area contributed by atoms with Gasteiger partial charge in [0.05, 0.1) is 17.8 Å². The molecule has 1 N–H and O–H groups in total. The first-order valence-corrected chi connectivity index (χ1v) is 9.18. The molecule has 0 unspecified atom stereocenters. The highest BCUT2D eigenvalue weighted by atomic mass is 19.4. The first-order valence-electron chi connectivity index (χ1n) is 9.18. The molecule has 28 heavy (non-hydrogen) atoms.